The number of nitrogens with one attached hydrogen (secondary N) is 9. The molecule has 0 aliphatic carbocycles. The second-order valence-corrected chi connectivity index (χ2v) is 15.9. The Morgan fingerprint density at radius 3 is 1.53 bits per heavy atom. The number of aromatic hydroxyl groups is 1. The highest BCUT2D eigenvalue weighted by atomic mass is 16.4. The molecule has 16 N–H and O–H groups in total. The summed E-state index contributed by atoms with van der Waals surface area (Å²) in [6.07, 6.45) is -3.03. The number of carbonyl (C=O) groups is 11. The average molecular weight is 939 g/mol. The molecule has 0 bridgehead atoms. The summed E-state index contributed by atoms with van der Waals surface area (Å²) in [6, 6.07) is -6.86. The largest absolute Gasteiger partial charge is 0.508 e. The molecule has 0 saturated heterocycles. The van der Waals surface area contributed by atoms with Crippen molar-refractivity contribution in [3.8, 4) is 5.75 Å². The van der Waals surface area contributed by atoms with E-state index >= 15 is 0 Å². The number of phenolic OH excluding ortho intramolecular Hbond substituents is 1. The number of carboxylic acids is 2. The zero-order valence-corrected chi connectivity index (χ0v) is 37.5. The number of hydrogen-bond acceptors (Lipinski definition) is 15. The van der Waals surface area contributed by atoms with Gasteiger partial charge in [-0.3, -0.25) is 47.9 Å². The van der Waals surface area contributed by atoms with E-state index in [1.165, 1.54) is 38.1 Å². The summed E-state index contributed by atoms with van der Waals surface area (Å²) < 4.78 is 0. The Morgan fingerprint density at radius 2 is 1.03 bits per heavy atom. The molecular formula is C40H62N10O16. The third-order valence-electron chi connectivity index (χ3n) is 9.53. The van der Waals surface area contributed by atoms with Crippen molar-refractivity contribution in [2.45, 2.75) is 116 Å². The maximum Gasteiger partial charge on any atom is 0.326 e. The molecule has 0 aliphatic rings. The Labute approximate surface area is 379 Å². The average Bonchev–Trinajstić information content (AvgIpc) is 3.23. The molecule has 9 amide bonds. The molecule has 1 aromatic rings. The van der Waals surface area contributed by atoms with Gasteiger partial charge >= 0.3 is 11.9 Å². The molecule has 1 aromatic carbocycles. The molecule has 1 rings (SSSR count). The quantitative estimate of drug-likeness (QED) is 0.0391. The van der Waals surface area contributed by atoms with E-state index in [0.717, 1.165) is 6.92 Å². The summed E-state index contributed by atoms with van der Waals surface area (Å²) in [5.74, 6) is -13.0. The number of phenols is 1. The highest BCUT2D eigenvalue weighted by Crippen LogP contribution is 2.13. The fraction of sp³-hybridized carbons (Fsp3) is 0.575. The zero-order chi connectivity index (χ0) is 50.6. The maximum absolute atomic E-state index is 13.7. The van der Waals surface area contributed by atoms with Gasteiger partial charge in [0.2, 0.25) is 53.2 Å². The van der Waals surface area contributed by atoms with Crippen molar-refractivity contribution < 1.29 is 78.3 Å². The lowest BCUT2D eigenvalue weighted by atomic mass is 10.0. The second-order valence-electron chi connectivity index (χ2n) is 15.9. The molecule has 0 saturated carbocycles. The molecule has 0 radical (unpaired) electrons. The highest BCUT2D eigenvalue weighted by molar-refractivity contribution is 5.99. The van der Waals surface area contributed by atoms with Crippen LogP contribution in [-0.2, 0) is 59.2 Å². The fourth-order valence-electron chi connectivity index (χ4n) is 5.73. The SMILES string of the molecule is CC(C)[C@H](NC(=O)[C@H](C)NC(=O)CNC(=O)[C@H](C)NC(=O)[C@@H](NC(=O)[C@H](CO)NC(=O)[C@H](CC(=O)O)NC(=O)[C@H](Cc1ccc(O)cc1)NC(=O)[C@@H](NC(=O)CN)C(C)C)[C@@H](C)O)C(=O)O. The van der Waals surface area contributed by atoms with Gasteiger partial charge in [-0.2, -0.15) is 0 Å². The van der Waals surface area contributed by atoms with Crippen LogP contribution in [0.3, 0.4) is 0 Å². The molecule has 26 heteroatoms. The number of benzene rings is 1. The Morgan fingerprint density at radius 1 is 0.545 bits per heavy atom. The fourth-order valence-corrected chi connectivity index (χ4v) is 5.73. The zero-order valence-electron chi connectivity index (χ0n) is 37.5. The summed E-state index contributed by atoms with van der Waals surface area (Å²) >= 11 is 0. The van der Waals surface area contributed by atoms with Crippen LogP contribution in [0, 0.1) is 11.8 Å². The summed E-state index contributed by atoms with van der Waals surface area (Å²) in [5.41, 5.74) is 5.76. The van der Waals surface area contributed by atoms with Gasteiger partial charge in [0.25, 0.3) is 0 Å². The predicted molar refractivity (Wildman–Crippen MR) is 229 cm³/mol. The molecule has 0 aliphatic heterocycles. The van der Waals surface area contributed by atoms with Crippen molar-refractivity contribution in [3.63, 3.8) is 0 Å². The number of carboxylic acid groups (broad SMARTS) is 2. The molecule has 0 fully saturated rings. The molecular weight excluding hydrogens is 876 g/mol. The number of aliphatic carboxylic acids is 2. The lowest BCUT2D eigenvalue weighted by molar-refractivity contribution is -0.143. The lowest BCUT2D eigenvalue weighted by Gasteiger charge is -2.27. The molecule has 66 heavy (non-hydrogen) atoms. The summed E-state index contributed by atoms with van der Waals surface area (Å²) in [7, 11) is 0. The van der Waals surface area contributed by atoms with Crippen molar-refractivity contribution in [1.29, 1.82) is 0 Å². The van der Waals surface area contributed by atoms with Crippen LogP contribution in [0.2, 0.25) is 0 Å². The number of amides is 9. The van der Waals surface area contributed by atoms with Gasteiger partial charge in [-0.05, 0) is 50.3 Å². The Hall–Kier alpha value is -6.93. The first-order valence-electron chi connectivity index (χ1n) is 20.6. The first-order valence-corrected chi connectivity index (χ1v) is 20.6. The maximum atomic E-state index is 13.7. The van der Waals surface area contributed by atoms with Gasteiger partial charge in [0.1, 0.15) is 54.1 Å². The van der Waals surface area contributed by atoms with Crippen LogP contribution in [0.15, 0.2) is 24.3 Å². The number of hydrogen-bond donors (Lipinski definition) is 15. The molecule has 368 valence electrons. The number of rotatable bonds is 27. The normalized spacial score (nSPS) is 15.1. The van der Waals surface area contributed by atoms with Crippen LogP contribution in [0.4, 0.5) is 0 Å². The summed E-state index contributed by atoms with van der Waals surface area (Å²) in [5, 5.41) is 69.3. The van der Waals surface area contributed by atoms with E-state index in [0.29, 0.717) is 5.56 Å². The van der Waals surface area contributed by atoms with Gasteiger partial charge in [0.05, 0.1) is 32.2 Å². The van der Waals surface area contributed by atoms with Gasteiger partial charge < -0.3 is 79.1 Å². The van der Waals surface area contributed by atoms with Crippen LogP contribution in [-0.4, -0.2) is 165 Å². The van der Waals surface area contributed by atoms with E-state index in [1.54, 1.807) is 27.7 Å². The third kappa shape index (κ3) is 19.4. The molecule has 0 heterocycles. The number of nitrogens with two attached hydrogens (primary N) is 1. The van der Waals surface area contributed by atoms with E-state index in [-0.39, 0.29) is 12.2 Å². The number of aliphatic hydroxyl groups excluding tert-OH is 2. The topological polar surface area (TPSA) is 423 Å². The molecule has 0 aromatic heterocycles. The van der Waals surface area contributed by atoms with Crippen molar-refractivity contribution in [2.24, 2.45) is 17.6 Å². The molecule has 26 nitrogen and oxygen atoms in total. The van der Waals surface area contributed by atoms with Gasteiger partial charge in [-0.1, -0.05) is 39.8 Å². The Bertz CT molecular complexity index is 1910. The third-order valence-corrected chi connectivity index (χ3v) is 9.53. The van der Waals surface area contributed by atoms with Crippen LogP contribution in [0.5, 0.6) is 5.75 Å². The van der Waals surface area contributed by atoms with E-state index in [1.807, 2.05) is 0 Å². The van der Waals surface area contributed by atoms with Crippen LogP contribution in [0.25, 0.3) is 0 Å². The van der Waals surface area contributed by atoms with E-state index in [4.69, 9.17) is 5.73 Å². The smallest absolute Gasteiger partial charge is 0.326 e. The monoisotopic (exact) mass is 938 g/mol. The lowest BCUT2D eigenvalue weighted by Crippen LogP contribution is -2.62. The Kier molecular flexibility index (Phi) is 23.7. The first-order chi connectivity index (χ1) is 30.7. The van der Waals surface area contributed by atoms with Crippen LogP contribution >= 0.6 is 0 Å². The van der Waals surface area contributed by atoms with Crippen LogP contribution < -0.4 is 53.6 Å². The Balaban J connectivity index is 3.09. The van der Waals surface area contributed by atoms with Gasteiger partial charge in [-0.25, -0.2) is 4.79 Å². The highest BCUT2D eigenvalue weighted by Gasteiger charge is 2.35. The predicted octanol–water partition coefficient (Wildman–Crippen LogP) is -5.83. The van der Waals surface area contributed by atoms with E-state index in [9.17, 15) is 78.3 Å². The van der Waals surface area contributed by atoms with E-state index in [2.05, 4.69) is 47.9 Å². The minimum Gasteiger partial charge on any atom is -0.508 e. The van der Waals surface area contributed by atoms with Crippen molar-refractivity contribution in [2.75, 3.05) is 19.7 Å². The standard InChI is InChI=1S/C40H62N10O16/c1-17(2)30(48-27(54)14-41)38(63)46-24(12-22-8-10-23(53)11-9-22)35(60)45-25(13-29(56)57)36(61)47-26(16-51)37(62)50-32(21(7)52)39(64)44-19(5)33(58)42-15-28(55)43-20(6)34(59)49-31(18(3)4)40(65)66/h8-11,17-21,24-26,30-32,51-53H,12-16,41H2,1-7H3,(H,42,58)(H,43,55)(H,44,64)(H,45,60)(H,46,63)(H,47,61)(H,48,54)(H,49,59)(H,50,62)(H,56,57)(H,65,66)/t19-,20-,21+,24-,25-,26-,30-,31-,32-/m0/s1. The van der Waals surface area contributed by atoms with Gasteiger partial charge in [0, 0.05) is 6.42 Å². The molecule has 0 unspecified atom stereocenters. The van der Waals surface area contributed by atoms with Gasteiger partial charge in [-0.15, -0.1) is 0 Å². The number of carbonyl (C=O) groups excluding carboxylic acids is 9. The molecule has 9 atom stereocenters. The molecule has 0 spiro atoms. The minimum absolute atomic E-state index is 0.121. The van der Waals surface area contributed by atoms with Crippen LogP contribution in [0.1, 0.15) is 60.5 Å². The minimum atomic E-state index is -1.96. The van der Waals surface area contributed by atoms with Crippen molar-refractivity contribution in [1.82, 2.24) is 47.9 Å². The number of aliphatic hydroxyl groups is 2. The van der Waals surface area contributed by atoms with Gasteiger partial charge in [0.15, 0.2) is 0 Å². The summed E-state index contributed by atoms with van der Waals surface area (Å²) in [4.78, 5) is 140. The second kappa shape index (κ2) is 27.4. The summed E-state index contributed by atoms with van der Waals surface area (Å²) in [6.45, 7) is 7.56. The van der Waals surface area contributed by atoms with E-state index < -0.39 is 157 Å². The first kappa shape index (κ1) is 57.1. The van der Waals surface area contributed by atoms with Crippen molar-refractivity contribution >= 4 is 65.1 Å². The van der Waals surface area contributed by atoms with Crippen molar-refractivity contribution in [3.05, 3.63) is 29.8 Å².